The van der Waals surface area contributed by atoms with E-state index >= 15 is 0 Å². The topological polar surface area (TPSA) is 78.5 Å². The zero-order chi connectivity index (χ0) is 19.1. The quantitative estimate of drug-likeness (QED) is 0.774. The number of hydrogen-bond acceptors (Lipinski definition) is 4. The third-order valence-corrected chi connectivity index (χ3v) is 8.53. The molecule has 4 rings (SSSR count). The second kappa shape index (κ2) is 8.30. The van der Waals surface area contributed by atoms with Crippen molar-refractivity contribution in [2.45, 2.75) is 50.3 Å². The van der Waals surface area contributed by atoms with Crippen LogP contribution in [-0.4, -0.2) is 44.8 Å². The lowest BCUT2D eigenvalue weighted by Crippen LogP contribution is -2.36. The number of amides is 1. The van der Waals surface area contributed by atoms with Crippen molar-refractivity contribution in [2.24, 2.45) is 11.3 Å². The minimum absolute atomic E-state index is 0. The summed E-state index contributed by atoms with van der Waals surface area (Å²) in [5, 5.41) is 6.32. The lowest BCUT2D eigenvalue weighted by molar-refractivity contribution is -0.118. The van der Waals surface area contributed by atoms with E-state index in [1.165, 1.54) is 0 Å². The Balaban J connectivity index is 0.00000225. The van der Waals surface area contributed by atoms with E-state index in [4.69, 9.17) is 0 Å². The Bertz CT molecular complexity index is 831. The van der Waals surface area contributed by atoms with Crippen LogP contribution in [0.15, 0.2) is 23.1 Å². The summed E-state index contributed by atoms with van der Waals surface area (Å²) in [6, 6.07) is 5.23. The molecule has 1 spiro atoms. The summed E-state index contributed by atoms with van der Waals surface area (Å²) >= 11 is 0. The van der Waals surface area contributed by atoms with Gasteiger partial charge in [0.15, 0.2) is 0 Å². The third-order valence-electron chi connectivity index (χ3n) is 6.49. The highest BCUT2D eigenvalue weighted by Crippen LogP contribution is 2.58. The van der Waals surface area contributed by atoms with Crippen LogP contribution in [-0.2, 0) is 14.8 Å². The van der Waals surface area contributed by atoms with E-state index in [2.05, 4.69) is 10.6 Å². The molecule has 3 aliphatic rings. The lowest BCUT2D eigenvalue weighted by Gasteiger charge is -2.26. The van der Waals surface area contributed by atoms with E-state index in [9.17, 15) is 13.2 Å². The molecule has 1 saturated carbocycles. The van der Waals surface area contributed by atoms with Crippen LogP contribution in [0.4, 0.5) is 5.69 Å². The van der Waals surface area contributed by atoms with Gasteiger partial charge in [0.25, 0.3) is 0 Å². The number of rotatable bonds is 4. The van der Waals surface area contributed by atoms with Crippen LogP contribution in [0.25, 0.3) is 0 Å². The van der Waals surface area contributed by atoms with Gasteiger partial charge in [-0.15, -0.1) is 12.4 Å². The van der Waals surface area contributed by atoms with Gasteiger partial charge in [-0.1, -0.05) is 12.5 Å². The second-order valence-electron chi connectivity index (χ2n) is 8.30. The first-order valence-corrected chi connectivity index (χ1v) is 11.5. The zero-order valence-corrected chi connectivity index (χ0v) is 18.0. The van der Waals surface area contributed by atoms with Crippen LogP contribution in [0.2, 0.25) is 0 Å². The fourth-order valence-corrected chi connectivity index (χ4v) is 6.39. The van der Waals surface area contributed by atoms with Gasteiger partial charge in [-0.25, -0.2) is 8.42 Å². The van der Waals surface area contributed by atoms with E-state index in [-0.39, 0.29) is 29.6 Å². The Morgan fingerprint density at radius 2 is 1.86 bits per heavy atom. The fourth-order valence-electron chi connectivity index (χ4n) is 4.63. The van der Waals surface area contributed by atoms with Crippen LogP contribution < -0.4 is 10.6 Å². The first-order valence-electron chi connectivity index (χ1n) is 10.0. The smallest absolute Gasteiger partial charge is 0.243 e. The van der Waals surface area contributed by atoms with Gasteiger partial charge in [0.05, 0.1) is 4.90 Å². The van der Waals surface area contributed by atoms with Crippen molar-refractivity contribution in [2.75, 3.05) is 31.5 Å². The number of hydrogen-bond donors (Lipinski definition) is 2. The Morgan fingerprint density at radius 1 is 1.18 bits per heavy atom. The molecule has 28 heavy (non-hydrogen) atoms. The molecular formula is C20H30ClN3O3S. The van der Waals surface area contributed by atoms with Gasteiger partial charge >= 0.3 is 0 Å². The maximum absolute atomic E-state index is 13.0. The summed E-state index contributed by atoms with van der Waals surface area (Å²) < 4.78 is 27.7. The van der Waals surface area contributed by atoms with Crippen molar-refractivity contribution in [3.05, 3.63) is 23.8 Å². The van der Waals surface area contributed by atoms with Gasteiger partial charge in [0.2, 0.25) is 15.9 Å². The number of benzene rings is 1. The Morgan fingerprint density at radius 3 is 2.54 bits per heavy atom. The van der Waals surface area contributed by atoms with Crippen LogP contribution in [0.1, 0.15) is 44.1 Å². The number of aryl methyl sites for hydroxylation is 1. The third kappa shape index (κ3) is 4.08. The van der Waals surface area contributed by atoms with Crippen molar-refractivity contribution in [1.82, 2.24) is 9.62 Å². The Hall–Kier alpha value is -1.15. The molecule has 2 aliphatic heterocycles. The molecule has 6 nitrogen and oxygen atoms in total. The SMILES string of the molecule is Cc1ccc(NC(=O)C2CC23CCNCC3)cc1S(=O)(=O)N1CCCCC1.Cl. The van der Waals surface area contributed by atoms with Crippen molar-refractivity contribution in [1.29, 1.82) is 0 Å². The maximum atomic E-state index is 13.0. The van der Waals surface area contributed by atoms with Gasteiger partial charge < -0.3 is 10.6 Å². The van der Waals surface area contributed by atoms with E-state index in [0.29, 0.717) is 23.7 Å². The first kappa shape index (κ1) is 21.6. The number of anilines is 1. The Kier molecular flexibility index (Phi) is 6.39. The predicted molar refractivity (Wildman–Crippen MR) is 112 cm³/mol. The maximum Gasteiger partial charge on any atom is 0.243 e. The molecule has 2 heterocycles. The molecule has 3 fully saturated rings. The molecular weight excluding hydrogens is 398 g/mol. The molecule has 0 aromatic heterocycles. The molecule has 1 amide bonds. The predicted octanol–water partition coefficient (Wildman–Crippen LogP) is 2.92. The van der Waals surface area contributed by atoms with Crippen molar-refractivity contribution < 1.29 is 13.2 Å². The van der Waals surface area contributed by atoms with Crippen LogP contribution in [0, 0.1) is 18.3 Å². The summed E-state index contributed by atoms with van der Waals surface area (Å²) in [6.45, 7) is 4.93. The van der Waals surface area contributed by atoms with Crippen molar-refractivity contribution >= 4 is 34.0 Å². The minimum atomic E-state index is -3.51. The van der Waals surface area contributed by atoms with E-state index in [1.54, 1.807) is 22.5 Å². The summed E-state index contributed by atoms with van der Waals surface area (Å²) in [7, 11) is -3.51. The molecule has 8 heteroatoms. The summed E-state index contributed by atoms with van der Waals surface area (Å²) in [5.41, 5.74) is 1.47. The highest BCUT2D eigenvalue weighted by Gasteiger charge is 2.57. The number of halogens is 1. The van der Waals surface area contributed by atoms with Crippen molar-refractivity contribution in [3.63, 3.8) is 0 Å². The number of sulfonamides is 1. The molecule has 0 radical (unpaired) electrons. The van der Waals surface area contributed by atoms with E-state index in [1.807, 2.05) is 6.92 Å². The Labute approximate surface area is 173 Å². The highest BCUT2D eigenvalue weighted by atomic mass is 35.5. The van der Waals surface area contributed by atoms with Gasteiger partial charge in [0, 0.05) is 24.7 Å². The molecule has 1 atom stereocenters. The molecule has 0 bridgehead atoms. The van der Waals surface area contributed by atoms with Gasteiger partial charge in [-0.05, 0) is 75.2 Å². The summed E-state index contributed by atoms with van der Waals surface area (Å²) in [5.74, 6) is 0.0881. The number of nitrogens with zero attached hydrogens (tertiary/aromatic N) is 1. The van der Waals surface area contributed by atoms with Crippen LogP contribution in [0.3, 0.4) is 0 Å². The standard InChI is InChI=1S/C20H29N3O3S.ClH/c1-15-5-6-16(13-18(15)27(25,26)23-11-3-2-4-12-23)22-19(24)17-14-20(17)7-9-21-10-8-20;/h5-6,13,17,21H,2-4,7-12,14H2,1H3,(H,22,24);1H. The summed E-state index contributed by atoms with van der Waals surface area (Å²) in [6.07, 6.45) is 5.95. The number of piperidine rings is 2. The second-order valence-corrected chi connectivity index (χ2v) is 10.2. The first-order chi connectivity index (χ1) is 12.9. The average molecular weight is 428 g/mol. The number of carbonyl (C=O) groups excluding carboxylic acids is 1. The minimum Gasteiger partial charge on any atom is -0.326 e. The van der Waals surface area contributed by atoms with E-state index < -0.39 is 10.0 Å². The van der Waals surface area contributed by atoms with Crippen molar-refractivity contribution in [3.8, 4) is 0 Å². The van der Waals surface area contributed by atoms with Crippen LogP contribution >= 0.6 is 12.4 Å². The molecule has 1 aromatic rings. The highest BCUT2D eigenvalue weighted by molar-refractivity contribution is 7.89. The molecule has 1 aromatic carbocycles. The summed E-state index contributed by atoms with van der Waals surface area (Å²) in [4.78, 5) is 13.0. The number of carbonyl (C=O) groups is 1. The molecule has 1 aliphatic carbocycles. The number of nitrogens with one attached hydrogen (secondary N) is 2. The van der Waals surface area contributed by atoms with E-state index in [0.717, 1.165) is 57.2 Å². The molecule has 2 N–H and O–H groups in total. The van der Waals surface area contributed by atoms with Crippen LogP contribution in [0.5, 0.6) is 0 Å². The lowest BCUT2D eigenvalue weighted by atomic mass is 9.92. The van der Waals surface area contributed by atoms with Gasteiger partial charge in [0.1, 0.15) is 0 Å². The van der Waals surface area contributed by atoms with Gasteiger partial charge in [-0.2, -0.15) is 4.31 Å². The average Bonchev–Trinajstić information content (AvgIpc) is 3.37. The molecule has 2 saturated heterocycles. The normalized spacial score (nSPS) is 24.4. The largest absolute Gasteiger partial charge is 0.326 e. The molecule has 156 valence electrons. The zero-order valence-electron chi connectivity index (χ0n) is 16.4. The van der Waals surface area contributed by atoms with Gasteiger partial charge in [-0.3, -0.25) is 4.79 Å². The fraction of sp³-hybridized carbons (Fsp3) is 0.650. The monoisotopic (exact) mass is 427 g/mol. The molecule has 1 unspecified atom stereocenters.